The van der Waals surface area contributed by atoms with Crippen LogP contribution in [0.2, 0.25) is 0 Å². The average molecular weight is 332 g/mol. The maximum absolute atomic E-state index is 12.1. The Balaban J connectivity index is 1.37. The first-order chi connectivity index (χ1) is 11.7. The Kier molecular flexibility index (Phi) is 5.35. The van der Waals surface area contributed by atoms with Gasteiger partial charge in [-0.05, 0) is 49.3 Å². The molecule has 1 heterocycles. The Morgan fingerprint density at radius 1 is 1.33 bits per heavy atom. The van der Waals surface area contributed by atoms with Gasteiger partial charge >= 0.3 is 0 Å². The van der Waals surface area contributed by atoms with Crippen LogP contribution in [0.4, 0.5) is 0 Å². The van der Waals surface area contributed by atoms with Crippen LogP contribution < -0.4 is 10.6 Å². The van der Waals surface area contributed by atoms with Gasteiger partial charge < -0.3 is 20.2 Å². The lowest BCUT2D eigenvalue weighted by atomic mass is 9.85. The first-order valence-electron chi connectivity index (χ1n) is 8.57. The minimum absolute atomic E-state index is 0.0682. The van der Waals surface area contributed by atoms with Crippen LogP contribution in [0.1, 0.15) is 31.4 Å². The summed E-state index contributed by atoms with van der Waals surface area (Å²) in [5.74, 6) is 1.53. The molecule has 0 saturated heterocycles. The second kappa shape index (κ2) is 7.66. The van der Waals surface area contributed by atoms with Crippen LogP contribution in [0, 0.1) is 17.8 Å². The van der Waals surface area contributed by atoms with Crippen LogP contribution >= 0.6 is 0 Å². The van der Waals surface area contributed by atoms with Gasteiger partial charge in [-0.1, -0.05) is 0 Å². The molecule has 4 atom stereocenters. The number of carbonyl (C=O) groups is 2. The van der Waals surface area contributed by atoms with Crippen molar-refractivity contribution in [2.75, 3.05) is 13.2 Å². The molecular formula is C18H24N2O4. The quantitative estimate of drug-likeness (QED) is 0.657. The van der Waals surface area contributed by atoms with Crippen LogP contribution in [0.25, 0.3) is 6.08 Å². The Labute approximate surface area is 141 Å². The molecule has 4 unspecified atom stereocenters. The van der Waals surface area contributed by atoms with Gasteiger partial charge in [-0.3, -0.25) is 9.59 Å². The highest BCUT2D eigenvalue weighted by atomic mass is 16.3. The van der Waals surface area contributed by atoms with Crippen molar-refractivity contribution in [2.24, 2.45) is 17.8 Å². The molecule has 6 nitrogen and oxygen atoms in total. The number of hydrogen-bond acceptors (Lipinski definition) is 4. The van der Waals surface area contributed by atoms with Crippen LogP contribution in [-0.2, 0) is 9.59 Å². The van der Waals surface area contributed by atoms with Gasteiger partial charge in [0.15, 0.2) is 0 Å². The lowest BCUT2D eigenvalue weighted by Crippen LogP contribution is -2.45. The van der Waals surface area contributed by atoms with E-state index in [1.807, 2.05) is 0 Å². The third-order valence-corrected chi connectivity index (χ3v) is 5.22. The van der Waals surface area contributed by atoms with Gasteiger partial charge in [0.25, 0.3) is 0 Å². The van der Waals surface area contributed by atoms with Gasteiger partial charge in [0.2, 0.25) is 11.8 Å². The fourth-order valence-corrected chi connectivity index (χ4v) is 4.06. The fraction of sp³-hybridized carbons (Fsp3) is 0.556. The van der Waals surface area contributed by atoms with E-state index in [-0.39, 0.29) is 43.3 Å². The first kappa shape index (κ1) is 16.8. The van der Waals surface area contributed by atoms with E-state index in [2.05, 4.69) is 10.6 Å². The summed E-state index contributed by atoms with van der Waals surface area (Å²) >= 11 is 0. The molecule has 1 aromatic rings. The molecule has 2 amide bonds. The van der Waals surface area contributed by atoms with Crippen molar-refractivity contribution in [3.8, 4) is 0 Å². The predicted octanol–water partition coefficient (Wildman–Crippen LogP) is 1.32. The molecule has 2 aliphatic rings. The lowest BCUT2D eigenvalue weighted by molar-refractivity contribution is -0.122. The van der Waals surface area contributed by atoms with Crippen molar-refractivity contribution >= 4 is 17.9 Å². The number of nitrogens with one attached hydrogen (secondary N) is 2. The van der Waals surface area contributed by atoms with E-state index in [0.717, 1.165) is 12.8 Å². The summed E-state index contributed by atoms with van der Waals surface area (Å²) in [6.07, 6.45) is 8.17. The monoisotopic (exact) mass is 332 g/mol. The van der Waals surface area contributed by atoms with Gasteiger partial charge in [-0.15, -0.1) is 0 Å². The molecule has 0 radical (unpaired) electrons. The van der Waals surface area contributed by atoms with Crippen molar-refractivity contribution < 1.29 is 19.1 Å². The average Bonchev–Trinajstić information content (AvgIpc) is 3.30. The van der Waals surface area contributed by atoms with E-state index in [0.29, 0.717) is 17.6 Å². The summed E-state index contributed by atoms with van der Waals surface area (Å²) in [5, 5.41) is 15.3. The third kappa shape index (κ3) is 3.87. The second-order valence-corrected chi connectivity index (χ2v) is 6.66. The van der Waals surface area contributed by atoms with E-state index < -0.39 is 0 Å². The Morgan fingerprint density at radius 2 is 2.17 bits per heavy atom. The molecule has 2 aliphatic carbocycles. The maximum atomic E-state index is 12.1. The normalized spacial score (nSPS) is 28.4. The van der Waals surface area contributed by atoms with Crippen LogP contribution in [0.15, 0.2) is 28.9 Å². The van der Waals surface area contributed by atoms with E-state index >= 15 is 0 Å². The molecule has 1 aromatic heterocycles. The minimum Gasteiger partial charge on any atom is -0.465 e. The number of fused-ring (bicyclic) bond motifs is 2. The lowest BCUT2D eigenvalue weighted by Gasteiger charge is -2.30. The van der Waals surface area contributed by atoms with E-state index in [4.69, 9.17) is 4.42 Å². The number of aliphatic hydroxyl groups excluding tert-OH is 1. The van der Waals surface area contributed by atoms with E-state index in [9.17, 15) is 14.7 Å². The second-order valence-electron chi connectivity index (χ2n) is 6.66. The number of aliphatic hydroxyl groups is 1. The van der Waals surface area contributed by atoms with Gasteiger partial charge in [0.1, 0.15) is 5.76 Å². The summed E-state index contributed by atoms with van der Waals surface area (Å²) in [6.45, 7) is 0.429. The van der Waals surface area contributed by atoms with E-state index in [1.165, 1.54) is 18.8 Å². The van der Waals surface area contributed by atoms with Crippen molar-refractivity contribution in [3.05, 3.63) is 30.2 Å². The number of furan rings is 1. The summed E-state index contributed by atoms with van der Waals surface area (Å²) in [7, 11) is 0. The highest BCUT2D eigenvalue weighted by molar-refractivity contribution is 5.91. The predicted molar refractivity (Wildman–Crippen MR) is 88.7 cm³/mol. The zero-order chi connectivity index (χ0) is 16.9. The largest absolute Gasteiger partial charge is 0.465 e. The summed E-state index contributed by atoms with van der Waals surface area (Å²) in [5.41, 5.74) is 0. The highest BCUT2D eigenvalue weighted by Gasteiger charge is 2.47. The van der Waals surface area contributed by atoms with Crippen LogP contribution in [0.5, 0.6) is 0 Å². The van der Waals surface area contributed by atoms with Crippen LogP contribution in [0.3, 0.4) is 0 Å². The molecule has 2 saturated carbocycles. The SMILES string of the molecule is O=C(/C=C/c1ccco1)NCCC(=O)NC1C2CCC(C2)C1CO. The highest BCUT2D eigenvalue weighted by Crippen LogP contribution is 2.48. The summed E-state index contributed by atoms with van der Waals surface area (Å²) in [6, 6.07) is 3.59. The Hall–Kier alpha value is -2.08. The number of hydrogen-bond donors (Lipinski definition) is 3. The molecule has 130 valence electrons. The Morgan fingerprint density at radius 3 is 2.92 bits per heavy atom. The zero-order valence-electron chi connectivity index (χ0n) is 13.6. The van der Waals surface area contributed by atoms with E-state index in [1.54, 1.807) is 18.2 Å². The summed E-state index contributed by atoms with van der Waals surface area (Å²) in [4.78, 5) is 23.7. The topological polar surface area (TPSA) is 91.6 Å². The van der Waals surface area contributed by atoms with Crippen molar-refractivity contribution in [1.29, 1.82) is 0 Å². The van der Waals surface area contributed by atoms with Gasteiger partial charge in [-0.2, -0.15) is 0 Å². The fourth-order valence-electron chi connectivity index (χ4n) is 4.06. The molecule has 0 aromatic carbocycles. The standard InChI is InChI=1S/C18H24N2O4/c21-11-15-12-3-4-13(10-12)18(15)20-17(23)7-8-19-16(22)6-5-14-2-1-9-24-14/h1-2,5-6,9,12-13,15,18,21H,3-4,7-8,10-11H2,(H,19,22)(H,20,23)/b6-5+. The number of carbonyl (C=O) groups excluding carboxylic acids is 2. The van der Waals surface area contributed by atoms with Crippen molar-refractivity contribution in [2.45, 2.75) is 31.7 Å². The van der Waals surface area contributed by atoms with Crippen LogP contribution in [-0.4, -0.2) is 36.1 Å². The molecule has 2 bridgehead atoms. The Bertz CT molecular complexity index is 596. The smallest absolute Gasteiger partial charge is 0.244 e. The molecule has 2 fully saturated rings. The number of rotatable bonds is 7. The maximum Gasteiger partial charge on any atom is 0.244 e. The minimum atomic E-state index is -0.257. The molecule has 24 heavy (non-hydrogen) atoms. The first-order valence-corrected chi connectivity index (χ1v) is 8.57. The molecule has 3 rings (SSSR count). The van der Waals surface area contributed by atoms with Crippen molar-refractivity contribution in [3.63, 3.8) is 0 Å². The van der Waals surface area contributed by atoms with Gasteiger partial charge in [0.05, 0.1) is 6.26 Å². The van der Waals surface area contributed by atoms with Gasteiger partial charge in [0, 0.05) is 37.6 Å². The molecule has 3 N–H and O–H groups in total. The molecule has 0 aliphatic heterocycles. The molecule has 6 heteroatoms. The third-order valence-electron chi connectivity index (χ3n) is 5.22. The van der Waals surface area contributed by atoms with Crippen molar-refractivity contribution in [1.82, 2.24) is 10.6 Å². The summed E-state index contributed by atoms with van der Waals surface area (Å²) < 4.78 is 5.09. The zero-order valence-corrected chi connectivity index (χ0v) is 13.6. The van der Waals surface area contributed by atoms with Gasteiger partial charge in [-0.25, -0.2) is 0 Å². The number of amides is 2. The molecular weight excluding hydrogens is 308 g/mol. The molecule has 0 spiro atoms.